The van der Waals surface area contributed by atoms with Gasteiger partial charge in [-0.3, -0.25) is 14.4 Å². The molecular formula is C14H12F2N2O4S. The largest absolute Gasteiger partial charge is 0.273 e. The monoisotopic (exact) mass is 342 g/mol. The van der Waals surface area contributed by atoms with Crippen LogP contribution in [0.15, 0.2) is 42.5 Å². The maximum atomic E-state index is 13.7. The summed E-state index contributed by atoms with van der Waals surface area (Å²) in [5.41, 5.74) is -0.707. The molecule has 6 nitrogen and oxygen atoms in total. The Hall–Kier alpha value is -2.55. The first-order valence-corrected chi connectivity index (χ1v) is 7.97. The summed E-state index contributed by atoms with van der Waals surface area (Å²) >= 11 is 0. The zero-order valence-corrected chi connectivity index (χ0v) is 12.8. The first kappa shape index (κ1) is 16.8. The molecule has 0 saturated carbocycles. The summed E-state index contributed by atoms with van der Waals surface area (Å²) in [6.45, 7) is 0. The molecule has 0 radical (unpaired) electrons. The molecule has 122 valence electrons. The zero-order chi connectivity index (χ0) is 17.2. The van der Waals surface area contributed by atoms with Crippen molar-refractivity contribution < 1.29 is 22.1 Å². The number of nitro groups is 1. The number of anilines is 1. The van der Waals surface area contributed by atoms with Crippen LogP contribution in [0.1, 0.15) is 5.56 Å². The van der Waals surface area contributed by atoms with Crippen molar-refractivity contribution in [2.75, 3.05) is 11.4 Å². The second-order valence-corrected chi connectivity index (χ2v) is 6.71. The molecular weight excluding hydrogens is 330 g/mol. The van der Waals surface area contributed by atoms with Crippen LogP contribution < -0.4 is 4.31 Å². The smallest absolute Gasteiger partial charge is 0.270 e. The van der Waals surface area contributed by atoms with E-state index in [4.69, 9.17) is 0 Å². The van der Waals surface area contributed by atoms with Gasteiger partial charge in [-0.1, -0.05) is 18.2 Å². The van der Waals surface area contributed by atoms with E-state index in [0.717, 1.165) is 19.2 Å². The van der Waals surface area contributed by atoms with Gasteiger partial charge in [0.1, 0.15) is 17.4 Å². The summed E-state index contributed by atoms with van der Waals surface area (Å²) in [6, 6.07) is 7.85. The third-order valence-electron chi connectivity index (χ3n) is 3.19. The molecule has 0 heterocycles. The minimum atomic E-state index is -4.09. The maximum absolute atomic E-state index is 13.7. The molecule has 0 amide bonds. The van der Waals surface area contributed by atoms with Crippen LogP contribution in [0.25, 0.3) is 0 Å². The highest BCUT2D eigenvalue weighted by Crippen LogP contribution is 2.26. The van der Waals surface area contributed by atoms with Crippen molar-refractivity contribution in [2.45, 2.75) is 5.75 Å². The SMILES string of the molecule is CN(c1ccc(F)cc1F)S(=O)(=O)Cc1ccccc1[N+](=O)[O-]. The summed E-state index contributed by atoms with van der Waals surface area (Å²) in [5.74, 6) is -2.56. The van der Waals surface area contributed by atoms with E-state index in [0.29, 0.717) is 10.4 Å². The van der Waals surface area contributed by atoms with E-state index in [2.05, 4.69) is 0 Å². The Morgan fingerprint density at radius 1 is 1.17 bits per heavy atom. The Morgan fingerprint density at radius 3 is 2.43 bits per heavy atom. The fourth-order valence-corrected chi connectivity index (χ4v) is 3.27. The van der Waals surface area contributed by atoms with Crippen LogP contribution in [0.5, 0.6) is 0 Å². The third kappa shape index (κ3) is 3.62. The molecule has 0 aliphatic heterocycles. The van der Waals surface area contributed by atoms with Crippen LogP contribution in [0.4, 0.5) is 20.2 Å². The zero-order valence-electron chi connectivity index (χ0n) is 11.9. The summed E-state index contributed by atoms with van der Waals surface area (Å²) in [5, 5.41) is 10.9. The predicted octanol–water partition coefficient (Wildman–Crippen LogP) is 2.84. The maximum Gasteiger partial charge on any atom is 0.273 e. The van der Waals surface area contributed by atoms with Gasteiger partial charge in [0.05, 0.1) is 10.6 Å². The van der Waals surface area contributed by atoms with E-state index >= 15 is 0 Å². The summed E-state index contributed by atoms with van der Waals surface area (Å²) < 4.78 is 52.0. The number of nitro benzene ring substituents is 1. The number of halogens is 2. The Labute approximate surface area is 131 Å². The highest BCUT2D eigenvalue weighted by molar-refractivity contribution is 7.92. The molecule has 0 saturated heterocycles. The molecule has 2 aromatic rings. The van der Waals surface area contributed by atoms with Crippen LogP contribution in [0.3, 0.4) is 0 Å². The van der Waals surface area contributed by atoms with Crippen LogP contribution in [-0.4, -0.2) is 20.4 Å². The molecule has 0 aromatic heterocycles. The van der Waals surface area contributed by atoms with Crippen molar-refractivity contribution in [2.24, 2.45) is 0 Å². The van der Waals surface area contributed by atoms with Gasteiger partial charge < -0.3 is 0 Å². The van der Waals surface area contributed by atoms with Gasteiger partial charge >= 0.3 is 0 Å². The fraction of sp³-hybridized carbons (Fsp3) is 0.143. The Kier molecular flexibility index (Phi) is 4.60. The van der Waals surface area contributed by atoms with Gasteiger partial charge in [0, 0.05) is 24.7 Å². The van der Waals surface area contributed by atoms with Gasteiger partial charge in [-0.25, -0.2) is 17.2 Å². The lowest BCUT2D eigenvalue weighted by molar-refractivity contribution is -0.385. The number of sulfonamides is 1. The van der Waals surface area contributed by atoms with E-state index in [1.165, 1.54) is 24.3 Å². The Morgan fingerprint density at radius 2 is 1.83 bits per heavy atom. The topological polar surface area (TPSA) is 80.5 Å². The number of hydrogen-bond acceptors (Lipinski definition) is 4. The van der Waals surface area contributed by atoms with Crippen LogP contribution in [-0.2, 0) is 15.8 Å². The van der Waals surface area contributed by atoms with Crippen LogP contribution in [0.2, 0.25) is 0 Å². The highest BCUT2D eigenvalue weighted by atomic mass is 32.2. The number of para-hydroxylation sites is 1. The second kappa shape index (κ2) is 6.29. The van der Waals surface area contributed by atoms with Gasteiger partial charge in [0.15, 0.2) is 0 Å². The Balaban J connectivity index is 2.37. The van der Waals surface area contributed by atoms with Crippen molar-refractivity contribution in [3.05, 3.63) is 69.8 Å². The molecule has 23 heavy (non-hydrogen) atoms. The van der Waals surface area contributed by atoms with Crippen LogP contribution >= 0.6 is 0 Å². The normalized spacial score (nSPS) is 11.3. The van der Waals surface area contributed by atoms with Crippen molar-refractivity contribution in [3.8, 4) is 0 Å². The third-order valence-corrected chi connectivity index (χ3v) is 4.90. The number of rotatable bonds is 5. The van der Waals surface area contributed by atoms with Gasteiger partial charge in [0.2, 0.25) is 10.0 Å². The minimum Gasteiger partial charge on any atom is -0.270 e. The van der Waals surface area contributed by atoms with Crippen molar-refractivity contribution in [1.82, 2.24) is 0 Å². The van der Waals surface area contributed by atoms with Crippen molar-refractivity contribution in [1.29, 1.82) is 0 Å². The summed E-state index contributed by atoms with van der Waals surface area (Å²) in [4.78, 5) is 10.2. The lowest BCUT2D eigenvalue weighted by atomic mass is 10.2. The molecule has 2 aromatic carbocycles. The first-order valence-electron chi connectivity index (χ1n) is 6.36. The lowest BCUT2D eigenvalue weighted by Crippen LogP contribution is -2.29. The fourth-order valence-electron chi connectivity index (χ4n) is 1.99. The van der Waals surface area contributed by atoms with Gasteiger partial charge in [-0.05, 0) is 12.1 Å². The number of nitrogens with zero attached hydrogens (tertiary/aromatic N) is 2. The molecule has 0 spiro atoms. The van der Waals surface area contributed by atoms with Gasteiger partial charge in [0.25, 0.3) is 5.69 Å². The summed E-state index contributed by atoms with van der Waals surface area (Å²) in [7, 11) is -2.99. The molecule has 0 aliphatic rings. The minimum absolute atomic E-state index is 0.0214. The second-order valence-electron chi connectivity index (χ2n) is 4.71. The Bertz CT molecular complexity index is 856. The molecule has 0 atom stereocenters. The van der Waals surface area contributed by atoms with E-state index in [1.807, 2.05) is 0 Å². The van der Waals surface area contributed by atoms with E-state index in [-0.39, 0.29) is 16.9 Å². The van der Waals surface area contributed by atoms with E-state index in [1.54, 1.807) is 0 Å². The molecule has 0 fully saturated rings. The standard InChI is InChI=1S/C14H12F2N2O4S/c1-17(14-7-6-11(15)8-12(14)16)23(21,22)9-10-4-2-3-5-13(10)18(19)20/h2-8H,9H2,1H3. The van der Waals surface area contributed by atoms with Crippen molar-refractivity contribution >= 4 is 21.4 Å². The average molecular weight is 342 g/mol. The van der Waals surface area contributed by atoms with Gasteiger partial charge in [-0.15, -0.1) is 0 Å². The van der Waals surface area contributed by atoms with E-state index < -0.39 is 32.3 Å². The number of benzene rings is 2. The molecule has 0 N–H and O–H groups in total. The molecule has 0 aliphatic carbocycles. The van der Waals surface area contributed by atoms with Gasteiger partial charge in [-0.2, -0.15) is 0 Å². The molecule has 9 heteroatoms. The average Bonchev–Trinajstić information content (AvgIpc) is 2.46. The first-order chi connectivity index (χ1) is 10.7. The molecule has 0 unspecified atom stereocenters. The predicted molar refractivity (Wildman–Crippen MR) is 80.5 cm³/mol. The summed E-state index contributed by atoms with van der Waals surface area (Å²) in [6.07, 6.45) is 0. The highest BCUT2D eigenvalue weighted by Gasteiger charge is 2.25. The van der Waals surface area contributed by atoms with Crippen molar-refractivity contribution in [3.63, 3.8) is 0 Å². The lowest BCUT2D eigenvalue weighted by Gasteiger charge is -2.20. The van der Waals surface area contributed by atoms with Crippen LogP contribution in [0, 0.1) is 21.7 Å². The molecule has 2 rings (SSSR count). The van der Waals surface area contributed by atoms with E-state index in [9.17, 15) is 27.3 Å². The number of hydrogen-bond donors (Lipinski definition) is 0. The molecule has 0 bridgehead atoms. The quantitative estimate of drug-likeness (QED) is 0.618.